The summed E-state index contributed by atoms with van der Waals surface area (Å²) < 4.78 is 13.2. The van der Waals surface area contributed by atoms with Crippen molar-refractivity contribution >= 4 is 23.2 Å². The molecule has 0 aliphatic rings. The molecule has 2 aromatic carbocycles. The number of carbonyl (C=O) groups is 2. The lowest BCUT2D eigenvalue weighted by Crippen LogP contribution is -2.17. The van der Waals surface area contributed by atoms with Gasteiger partial charge in [-0.05, 0) is 61.4 Å². The van der Waals surface area contributed by atoms with Gasteiger partial charge >= 0.3 is 0 Å². The van der Waals surface area contributed by atoms with Crippen LogP contribution in [0.1, 0.15) is 32.0 Å². The largest absolute Gasteiger partial charge is 0.322 e. The Labute approximate surface area is 156 Å². The molecule has 5 nitrogen and oxygen atoms in total. The smallest absolute Gasteiger partial charge is 0.274 e. The van der Waals surface area contributed by atoms with E-state index < -0.39 is 11.7 Å². The van der Waals surface area contributed by atoms with Crippen molar-refractivity contribution in [3.63, 3.8) is 0 Å². The number of aromatic nitrogens is 1. The number of anilines is 2. The average Bonchev–Trinajstić information content (AvgIpc) is 2.65. The van der Waals surface area contributed by atoms with Crippen LogP contribution < -0.4 is 10.6 Å². The number of amides is 2. The fraction of sp³-hybridized carbons (Fsp3) is 0.0952. The number of carbonyl (C=O) groups excluding carboxylic acids is 2. The molecule has 136 valence electrons. The Morgan fingerprint density at radius 3 is 2.52 bits per heavy atom. The number of pyridine rings is 1. The zero-order chi connectivity index (χ0) is 19.4. The Hall–Kier alpha value is -3.54. The van der Waals surface area contributed by atoms with Gasteiger partial charge in [-0.3, -0.25) is 14.6 Å². The molecule has 0 unspecified atom stereocenters. The predicted molar refractivity (Wildman–Crippen MR) is 102 cm³/mol. The number of aryl methyl sites for hydroxylation is 2. The summed E-state index contributed by atoms with van der Waals surface area (Å²) in [5.41, 5.74) is 3.35. The topological polar surface area (TPSA) is 71.1 Å². The molecule has 0 radical (unpaired) electrons. The van der Waals surface area contributed by atoms with Crippen LogP contribution in [0.25, 0.3) is 0 Å². The van der Waals surface area contributed by atoms with E-state index in [4.69, 9.17) is 0 Å². The molecule has 0 spiro atoms. The van der Waals surface area contributed by atoms with Gasteiger partial charge in [-0.1, -0.05) is 18.2 Å². The van der Waals surface area contributed by atoms with Crippen LogP contribution in [0, 0.1) is 19.7 Å². The summed E-state index contributed by atoms with van der Waals surface area (Å²) in [6, 6.07) is 14.2. The summed E-state index contributed by atoms with van der Waals surface area (Å²) in [7, 11) is 0. The third-order valence-electron chi connectivity index (χ3n) is 3.98. The van der Waals surface area contributed by atoms with Gasteiger partial charge < -0.3 is 10.6 Å². The first-order valence-electron chi connectivity index (χ1n) is 8.34. The van der Waals surface area contributed by atoms with Crippen molar-refractivity contribution in [1.29, 1.82) is 0 Å². The van der Waals surface area contributed by atoms with E-state index >= 15 is 0 Å². The van der Waals surface area contributed by atoms with E-state index in [0.717, 1.165) is 11.1 Å². The van der Waals surface area contributed by atoms with Crippen LogP contribution in [0.15, 0.2) is 60.8 Å². The molecule has 0 saturated heterocycles. The number of halogens is 1. The maximum atomic E-state index is 13.2. The fourth-order valence-electron chi connectivity index (χ4n) is 2.52. The van der Waals surface area contributed by atoms with E-state index in [1.54, 1.807) is 6.07 Å². The van der Waals surface area contributed by atoms with Crippen molar-refractivity contribution in [2.75, 3.05) is 10.6 Å². The van der Waals surface area contributed by atoms with Gasteiger partial charge in [0, 0.05) is 23.1 Å². The minimum Gasteiger partial charge on any atom is -0.322 e. The SMILES string of the molecule is Cc1ccc(C)c(NC(=O)c2ccnc(C(=O)Nc3cccc(F)c3)c2)c1. The number of nitrogens with one attached hydrogen (secondary N) is 2. The normalized spacial score (nSPS) is 10.3. The summed E-state index contributed by atoms with van der Waals surface area (Å²) in [5.74, 6) is -1.32. The summed E-state index contributed by atoms with van der Waals surface area (Å²) in [5, 5.41) is 5.40. The first-order valence-corrected chi connectivity index (χ1v) is 8.34. The summed E-state index contributed by atoms with van der Waals surface area (Å²) in [6.45, 7) is 3.84. The van der Waals surface area contributed by atoms with Gasteiger partial charge in [-0.25, -0.2) is 4.39 Å². The second kappa shape index (κ2) is 7.78. The Morgan fingerprint density at radius 1 is 0.926 bits per heavy atom. The Balaban J connectivity index is 1.77. The Bertz CT molecular complexity index is 1020. The maximum Gasteiger partial charge on any atom is 0.274 e. The zero-order valence-electron chi connectivity index (χ0n) is 14.9. The molecule has 0 aliphatic carbocycles. The molecule has 3 rings (SSSR count). The summed E-state index contributed by atoms with van der Waals surface area (Å²) in [6.07, 6.45) is 1.39. The van der Waals surface area contributed by atoms with Gasteiger partial charge in [-0.15, -0.1) is 0 Å². The third-order valence-corrected chi connectivity index (χ3v) is 3.98. The highest BCUT2D eigenvalue weighted by Crippen LogP contribution is 2.18. The van der Waals surface area contributed by atoms with E-state index in [-0.39, 0.29) is 11.6 Å². The van der Waals surface area contributed by atoms with Crippen LogP contribution >= 0.6 is 0 Å². The van der Waals surface area contributed by atoms with Crippen LogP contribution in [0.5, 0.6) is 0 Å². The van der Waals surface area contributed by atoms with Crippen molar-refractivity contribution in [2.24, 2.45) is 0 Å². The Morgan fingerprint density at radius 2 is 1.74 bits per heavy atom. The van der Waals surface area contributed by atoms with E-state index in [1.165, 1.54) is 36.5 Å². The lowest BCUT2D eigenvalue weighted by Gasteiger charge is -2.10. The van der Waals surface area contributed by atoms with Crippen LogP contribution in [-0.2, 0) is 0 Å². The quantitative estimate of drug-likeness (QED) is 0.724. The number of hydrogen-bond acceptors (Lipinski definition) is 3. The molecular formula is C21H18FN3O2. The third kappa shape index (κ3) is 4.55. The molecular weight excluding hydrogens is 345 g/mol. The molecule has 6 heteroatoms. The lowest BCUT2D eigenvalue weighted by molar-refractivity contribution is 0.102. The van der Waals surface area contributed by atoms with Crippen LogP contribution in [-0.4, -0.2) is 16.8 Å². The van der Waals surface area contributed by atoms with E-state index in [2.05, 4.69) is 15.6 Å². The molecule has 0 saturated carbocycles. The second-order valence-corrected chi connectivity index (χ2v) is 6.17. The van der Waals surface area contributed by atoms with Gasteiger partial charge in [0.15, 0.2) is 0 Å². The van der Waals surface area contributed by atoms with Crippen molar-refractivity contribution in [3.05, 3.63) is 89.0 Å². The Kier molecular flexibility index (Phi) is 5.26. The maximum absolute atomic E-state index is 13.2. The average molecular weight is 363 g/mol. The van der Waals surface area contributed by atoms with Gasteiger partial charge in [0.05, 0.1) is 0 Å². The van der Waals surface area contributed by atoms with E-state index in [9.17, 15) is 14.0 Å². The molecule has 0 bridgehead atoms. The molecule has 3 aromatic rings. The van der Waals surface area contributed by atoms with E-state index in [0.29, 0.717) is 16.9 Å². The standard InChI is InChI=1S/C21H18FN3O2/c1-13-6-7-14(2)18(10-13)25-20(26)15-8-9-23-19(11-15)21(27)24-17-5-3-4-16(22)12-17/h3-12H,1-2H3,(H,24,27)(H,25,26). The highest BCUT2D eigenvalue weighted by atomic mass is 19.1. The zero-order valence-corrected chi connectivity index (χ0v) is 14.9. The number of nitrogens with zero attached hydrogens (tertiary/aromatic N) is 1. The molecule has 0 aliphatic heterocycles. The van der Waals surface area contributed by atoms with Gasteiger partial charge in [0.25, 0.3) is 11.8 Å². The van der Waals surface area contributed by atoms with Gasteiger partial charge in [-0.2, -0.15) is 0 Å². The van der Waals surface area contributed by atoms with Gasteiger partial charge in [0.2, 0.25) is 0 Å². The number of benzene rings is 2. The number of hydrogen-bond donors (Lipinski definition) is 2. The first kappa shape index (κ1) is 18.3. The molecule has 1 aromatic heterocycles. The predicted octanol–water partition coefficient (Wildman–Crippen LogP) is 4.34. The van der Waals surface area contributed by atoms with Crippen LogP contribution in [0.4, 0.5) is 15.8 Å². The minimum absolute atomic E-state index is 0.0628. The molecule has 2 N–H and O–H groups in total. The van der Waals surface area contributed by atoms with Crippen molar-refractivity contribution in [2.45, 2.75) is 13.8 Å². The highest BCUT2D eigenvalue weighted by molar-refractivity contribution is 6.08. The first-order chi connectivity index (χ1) is 12.9. The monoisotopic (exact) mass is 363 g/mol. The van der Waals surface area contributed by atoms with Crippen molar-refractivity contribution in [1.82, 2.24) is 4.98 Å². The second-order valence-electron chi connectivity index (χ2n) is 6.17. The summed E-state index contributed by atoms with van der Waals surface area (Å²) >= 11 is 0. The highest BCUT2D eigenvalue weighted by Gasteiger charge is 2.13. The van der Waals surface area contributed by atoms with Gasteiger partial charge in [0.1, 0.15) is 11.5 Å². The molecule has 1 heterocycles. The summed E-state index contributed by atoms with van der Waals surface area (Å²) in [4.78, 5) is 28.9. The molecule has 0 atom stereocenters. The minimum atomic E-state index is -0.526. The van der Waals surface area contributed by atoms with Crippen molar-refractivity contribution in [3.8, 4) is 0 Å². The molecule has 2 amide bonds. The molecule has 0 fully saturated rings. The lowest BCUT2D eigenvalue weighted by atomic mass is 10.1. The van der Waals surface area contributed by atoms with Crippen molar-refractivity contribution < 1.29 is 14.0 Å². The van der Waals surface area contributed by atoms with Crippen LogP contribution in [0.2, 0.25) is 0 Å². The van der Waals surface area contributed by atoms with E-state index in [1.807, 2.05) is 32.0 Å². The fourth-order valence-corrected chi connectivity index (χ4v) is 2.52. The number of rotatable bonds is 4. The molecule has 27 heavy (non-hydrogen) atoms. The van der Waals surface area contributed by atoms with Crippen LogP contribution in [0.3, 0.4) is 0 Å².